The monoisotopic (exact) mass is 684 g/mol. The summed E-state index contributed by atoms with van der Waals surface area (Å²) in [6.45, 7) is -0.156. The normalized spacial score (nSPS) is 17.3. The first-order valence-electron chi connectivity index (χ1n) is 14.3. The largest absolute Gasteiger partial charge is 0.489 e. The molecular weight excluding hydrogens is 656 g/mol. The van der Waals surface area contributed by atoms with Crippen LogP contribution in [0.3, 0.4) is 0 Å². The molecule has 6 rings (SSSR count). The number of rotatable bonds is 11. The van der Waals surface area contributed by atoms with Crippen LogP contribution in [0.1, 0.15) is 17.2 Å². The van der Waals surface area contributed by atoms with E-state index in [2.05, 4.69) is 21.2 Å². The number of nitrogens with zero attached hydrogens (tertiary/aromatic N) is 1. The number of carbonyl (C=O) groups excluding carboxylic acids is 3. The summed E-state index contributed by atoms with van der Waals surface area (Å²) in [6.07, 6.45) is -0.698. The first kappa shape index (κ1) is 30.5. The van der Waals surface area contributed by atoms with Crippen molar-refractivity contribution in [1.82, 2.24) is 10.2 Å². The van der Waals surface area contributed by atoms with Crippen molar-refractivity contribution >= 4 is 45.5 Å². The van der Waals surface area contributed by atoms with Gasteiger partial charge in [-0.1, -0.05) is 94.8 Å². The van der Waals surface area contributed by atoms with Crippen LogP contribution in [0.4, 0.5) is 0 Å². The molecule has 2 amide bonds. The van der Waals surface area contributed by atoms with E-state index in [1.807, 2.05) is 103 Å². The summed E-state index contributed by atoms with van der Waals surface area (Å²) >= 11 is 4.88. The van der Waals surface area contributed by atoms with E-state index in [0.717, 1.165) is 15.6 Å². The minimum Gasteiger partial charge on any atom is -0.489 e. The Hall–Kier alpha value is -4.54. The minimum atomic E-state index is -0.808. The Kier molecular flexibility index (Phi) is 9.52. The number of nitrogens with one attached hydrogen (secondary N) is 1. The van der Waals surface area contributed by atoms with E-state index in [-0.39, 0.29) is 18.9 Å². The molecule has 1 N–H and O–H groups in total. The number of β-lactam (4-membered cyclic amide) rings is 1. The Balaban J connectivity index is 1.24. The molecule has 2 atom stereocenters. The van der Waals surface area contributed by atoms with Gasteiger partial charge in [-0.3, -0.25) is 14.5 Å². The molecule has 1 unspecified atom stereocenters. The maximum Gasteiger partial charge on any atom is 0.356 e. The lowest BCUT2D eigenvalue weighted by atomic mass is 10.0. The smallest absolute Gasteiger partial charge is 0.356 e. The zero-order chi connectivity index (χ0) is 31.2. The lowest BCUT2D eigenvalue weighted by molar-refractivity contribution is -0.155. The number of hydrogen-bond acceptors (Lipinski definition) is 7. The van der Waals surface area contributed by atoms with Gasteiger partial charge in [0, 0.05) is 15.8 Å². The number of ether oxygens (including phenoxy) is 3. The highest BCUT2D eigenvalue weighted by molar-refractivity contribution is 9.10. The summed E-state index contributed by atoms with van der Waals surface area (Å²) in [5.74, 6) is 0.112. The number of esters is 1. The van der Waals surface area contributed by atoms with Gasteiger partial charge in [-0.05, 0) is 47.5 Å². The first-order valence-corrected chi connectivity index (χ1v) is 16.2. The van der Waals surface area contributed by atoms with E-state index in [1.165, 1.54) is 16.7 Å². The van der Waals surface area contributed by atoms with E-state index < -0.39 is 35.3 Å². The van der Waals surface area contributed by atoms with E-state index in [4.69, 9.17) is 14.2 Å². The second kappa shape index (κ2) is 14.0. The van der Waals surface area contributed by atoms with E-state index in [9.17, 15) is 14.4 Å². The molecule has 228 valence electrons. The number of fused-ring (bicyclic) bond motifs is 1. The summed E-state index contributed by atoms with van der Waals surface area (Å²) in [4.78, 5) is 41.8. The fraction of sp³-hybridized carbons (Fsp3) is 0.171. The van der Waals surface area contributed by atoms with Gasteiger partial charge in [0.25, 0.3) is 11.8 Å². The lowest BCUT2D eigenvalue weighted by Gasteiger charge is -2.49. The van der Waals surface area contributed by atoms with Gasteiger partial charge in [-0.15, -0.1) is 11.8 Å². The Bertz CT molecular complexity index is 1650. The van der Waals surface area contributed by atoms with Crippen LogP contribution < -0.4 is 14.8 Å². The quantitative estimate of drug-likeness (QED) is 0.155. The van der Waals surface area contributed by atoms with Gasteiger partial charge in [0.2, 0.25) is 0 Å². The molecule has 0 aliphatic carbocycles. The van der Waals surface area contributed by atoms with Gasteiger partial charge in [-0.2, -0.15) is 0 Å². The second-order valence-electron chi connectivity index (χ2n) is 10.4. The summed E-state index contributed by atoms with van der Waals surface area (Å²) < 4.78 is 18.7. The Morgan fingerprint density at radius 2 is 1.40 bits per heavy atom. The van der Waals surface area contributed by atoms with Gasteiger partial charge in [0.1, 0.15) is 35.2 Å². The summed E-state index contributed by atoms with van der Waals surface area (Å²) in [5.41, 5.74) is 2.36. The van der Waals surface area contributed by atoms with E-state index >= 15 is 0 Å². The highest BCUT2D eigenvalue weighted by Gasteiger charge is 2.54. The van der Waals surface area contributed by atoms with Gasteiger partial charge in [0.05, 0.1) is 0 Å². The molecule has 0 radical (unpaired) electrons. The number of benzene rings is 4. The van der Waals surface area contributed by atoms with Crippen molar-refractivity contribution in [3.63, 3.8) is 0 Å². The van der Waals surface area contributed by atoms with Crippen LogP contribution in [-0.2, 0) is 19.1 Å². The van der Waals surface area contributed by atoms with Crippen LogP contribution >= 0.6 is 27.7 Å². The second-order valence-corrected chi connectivity index (χ2v) is 12.4. The molecule has 2 aliphatic heterocycles. The summed E-state index contributed by atoms with van der Waals surface area (Å²) in [6, 6.07) is 34.5. The predicted octanol–water partition coefficient (Wildman–Crippen LogP) is 5.89. The molecule has 4 aromatic carbocycles. The molecule has 0 bridgehead atoms. The molecular formula is C35H29BrN2O6S. The first-order chi connectivity index (χ1) is 22.0. The third-order valence-corrected chi connectivity index (χ3v) is 9.19. The van der Waals surface area contributed by atoms with Gasteiger partial charge >= 0.3 is 5.97 Å². The van der Waals surface area contributed by atoms with Crippen LogP contribution in [-0.4, -0.2) is 53.1 Å². The van der Waals surface area contributed by atoms with E-state index in [0.29, 0.717) is 22.8 Å². The Labute approximate surface area is 273 Å². The van der Waals surface area contributed by atoms with Crippen molar-refractivity contribution in [2.75, 3.05) is 19.0 Å². The maximum atomic E-state index is 14.1. The average molecular weight is 686 g/mol. The molecule has 0 saturated carbocycles. The van der Waals surface area contributed by atoms with E-state index in [1.54, 1.807) is 12.1 Å². The van der Waals surface area contributed by atoms with Crippen LogP contribution in [0.25, 0.3) is 0 Å². The molecule has 10 heteroatoms. The molecule has 45 heavy (non-hydrogen) atoms. The lowest BCUT2D eigenvalue weighted by Crippen LogP contribution is -2.71. The Morgan fingerprint density at radius 3 is 2.02 bits per heavy atom. The predicted molar refractivity (Wildman–Crippen MR) is 174 cm³/mol. The molecule has 2 aliphatic rings. The molecule has 4 aromatic rings. The molecule has 1 fully saturated rings. The zero-order valence-corrected chi connectivity index (χ0v) is 26.4. The van der Waals surface area contributed by atoms with Crippen molar-refractivity contribution in [1.29, 1.82) is 0 Å². The average Bonchev–Trinajstić information content (AvgIpc) is 3.09. The van der Waals surface area contributed by atoms with Gasteiger partial charge in [-0.25, -0.2) is 4.79 Å². The molecule has 0 spiro atoms. The van der Waals surface area contributed by atoms with Crippen molar-refractivity contribution in [2.24, 2.45) is 0 Å². The molecule has 0 aromatic heterocycles. The highest BCUT2D eigenvalue weighted by atomic mass is 79.9. The third kappa shape index (κ3) is 7.08. The summed E-state index contributed by atoms with van der Waals surface area (Å²) in [7, 11) is 0. The number of amides is 2. The Morgan fingerprint density at radius 1 is 0.822 bits per heavy atom. The number of halogens is 1. The number of carbonyl (C=O) groups is 3. The fourth-order valence-electron chi connectivity index (χ4n) is 5.11. The van der Waals surface area contributed by atoms with Crippen molar-refractivity contribution in [2.45, 2.75) is 17.5 Å². The minimum absolute atomic E-state index is 0.0822. The fourth-order valence-corrected chi connectivity index (χ4v) is 6.70. The van der Waals surface area contributed by atoms with Crippen LogP contribution in [0.2, 0.25) is 0 Å². The third-order valence-electron chi connectivity index (χ3n) is 7.33. The zero-order valence-electron chi connectivity index (χ0n) is 24.0. The number of para-hydroxylation sites is 1. The molecule has 1 saturated heterocycles. The maximum absolute atomic E-state index is 14.1. The SMILES string of the molecule is O=C(COc1ccccc1)NC1C(=O)N2C(C(=O)OC(c3ccccc3)c3ccccc3)=C(COc3ccc(Br)cc3)CS[C@H]12. The van der Waals surface area contributed by atoms with Gasteiger partial charge < -0.3 is 19.5 Å². The van der Waals surface area contributed by atoms with Crippen LogP contribution in [0.15, 0.2) is 131 Å². The van der Waals surface area contributed by atoms with Crippen molar-refractivity contribution < 1.29 is 28.6 Å². The number of thioether (sulfide) groups is 1. The topological polar surface area (TPSA) is 94.2 Å². The number of hydrogen-bond donors (Lipinski definition) is 1. The molecule has 2 heterocycles. The van der Waals surface area contributed by atoms with Crippen LogP contribution in [0.5, 0.6) is 11.5 Å². The summed E-state index contributed by atoms with van der Waals surface area (Å²) in [5, 5.41) is 2.30. The van der Waals surface area contributed by atoms with Crippen molar-refractivity contribution in [3.8, 4) is 11.5 Å². The van der Waals surface area contributed by atoms with Crippen molar-refractivity contribution in [3.05, 3.63) is 142 Å². The highest BCUT2D eigenvalue weighted by Crippen LogP contribution is 2.42. The molecule has 8 nitrogen and oxygen atoms in total. The van der Waals surface area contributed by atoms with Gasteiger partial charge in [0.15, 0.2) is 12.7 Å². The standard InChI is InChI=1S/C35H29BrN2O6S/c36-26-16-18-28(19-17-26)42-20-25-22-45-34-30(37-29(39)21-43-27-14-8-3-9-15-27)33(40)38(34)31(25)35(41)44-32(23-10-4-1-5-11-23)24-12-6-2-7-13-24/h1-19,30,32,34H,20-22H2,(H,37,39)/t30?,34-/m1/s1. The van der Waals surface area contributed by atoms with Crippen LogP contribution in [0, 0.1) is 0 Å².